The molecule has 2 bridgehead atoms. The van der Waals surface area contributed by atoms with Gasteiger partial charge in [0.1, 0.15) is 5.78 Å². The summed E-state index contributed by atoms with van der Waals surface area (Å²) in [5, 5.41) is 10.9. The van der Waals surface area contributed by atoms with Crippen LogP contribution in [0.5, 0.6) is 0 Å². The van der Waals surface area contributed by atoms with Crippen LogP contribution in [0.25, 0.3) is 0 Å². The van der Waals surface area contributed by atoms with E-state index in [0.717, 1.165) is 32.1 Å². The summed E-state index contributed by atoms with van der Waals surface area (Å²) in [6, 6.07) is 0. The molecule has 0 aromatic rings. The smallest absolute Gasteiger partial charge is 0.133 e. The zero-order valence-corrected chi connectivity index (χ0v) is 16.6. The number of carbonyl (C=O) groups excluding carboxylic acids is 1. The maximum Gasteiger partial charge on any atom is 0.133 e. The van der Waals surface area contributed by atoms with Crippen LogP contribution >= 0.6 is 0 Å². The third-order valence-corrected chi connectivity index (χ3v) is 8.92. The fourth-order valence-electron chi connectivity index (χ4n) is 7.27. The molecule has 1 N–H and O–H groups in total. The first-order valence-electron chi connectivity index (χ1n) is 10.3. The van der Waals surface area contributed by atoms with Gasteiger partial charge in [-0.1, -0.05) is 34.6 Å². The van der Waals surface area contributed by atoms with E-state index in [1.807, 2.05) is 6.92 Å². The fourth-order valence-corrected chi connectivity index (χ4v) is 7.27. The Morgan fingerprint density at radius 2 is 1.58 bits per heavy atom. The molecule has 0 aliphatic heterocycles. The van der Waals surface area contributed by atoms with Crippen molar-refractivity contribution in [1.82, 2.24) is 0 Å². The van der Waals surface area contributed by atoms with Crippen molar-refractivity contribution >= 4 is 5.78 Å². The molecule has 3 saturated carbocycles. The summed E-state index contributed by atoms with van der Waals surface area (Å²) in [6.07, 6.45) is 6.51. The first-order chi connectivity index (χ1) is 11.1. The molecule has 2 unspecified atom stereocenters. The molecule has 2 nitrogen and oxygen atoms in total. The Morgan fingerprint density at radius 3 is 2.21 bits per heavy atom. The van der Waals surface area contributed by atoms with Crippen molar-refractivity contribution in [2.45, 2.75) is 86.2 Å². The number of aliphatic hydroxyl groups is 1. The number of hydrogen-bond acceptors (Lipinski definition) is 2. The first-order valence-corrected chi connectivity index (χ1v) is 10.3. The zero-order valence-electron chi connectivity index (χ0n) is 16.6. The van der Waals surface area contributed by atoms with Gasteiger partial charge in [0.25, 0.3) is 0 Å². The lowest BCUT2D eigenvalue weighted by atomic mass is 9.46. The minimum Gasteiger partial charge on any atom is -0.393 e. The van der Waals surface area contributed by atoms with Gasteiger partial charge in [0.15, 0.2) is 0 Å². The topological polar surface area (TPSA) is 37.3 Å². The highest BCUT2D eigenvalue weighted by Gasteiger charge is 2.56. The quantitative estimate of drug-likeness (QED) is 0.725. The molecule has 0 radical (unpaired) electrons. The van der Waals surface area contributed by atoms with Gasteiger partial charge < -0.3 is 5.11 Å². The van der Waals surface area contributed by atoms with Gasteiger partial charge >= 0.3 is 0 Å². The molecule has 3 aliphatic carbocycles. The van der Waals surface area contributed by atoms with E-state index in [0.29, 0.717) is 35.4 Å². The summed E-state index contributed by atoms with van der Waals surface area (Å²) in [4.78, 5) is 12.5. The van der Waals surface area contributed by atoms with Crippen molar-refractivity contribution in [2.75, 3.05) is 0 Å². The molecule has 2 heteroatoms. The Morgan fingerprint density at radius 1 is 0.917 bits per heavy atom. The monoisotopic (exact) mass is 334 g/mol. The predicted molar refractivity (Wildman–Crippen MR) is 98.6 cm³/mol. The van der Waals surface area contributed by atoms with Gasteiger partial charge in [-0.2, -0.15) is 0 Å². The first kappa shape index (κ1) is 18.4. The second kappa shape index (κ2) is 6.11. The van der Waals surface area contributed by atoms with Gasteiger partial charge in [-0.3, -0.25) is 4.79 Å². The minimum atomic E-state index is -0.160. The maximum atomic E-state index is 12.5. The summed E-state index contributed by atoms with van der Waals surface area (Å²) in [5.41, 5.74) is 0.278. The number of aliphatic hydroxyl groups excluding tert-OH is 1. The average molecular weight is 335 g/mol. The van der Waals surface area contributed by atoms with Gasteiger partial charge in [0.2, 0.25) is 0 Å². The van der Waals surface area contributed by atoms with Crippen LogP contribution in [0.2, 0.25) is 0 Å². The van der Waals surface area contributed by atoms with E-state index in [-0.39, 0.29) is 22.9 Å². The largest absolute Gasteiger partial charge is 0.393 e. The third kappa shape index (κ3) is 2.68. The highest BCUT2D eigenvalue weighted by molar-refractivity contribution is 5.78. The van der Waals surface area contributed by atoms with E-state index in [1.165, 1.54) is 6.42 Å². The van der Waals surface area contributed by atoms with E-state index < -0.39 is 0 Å². The lowest BCUT2D eigenvalue weighted by Crippen LogP contribution is -2.55. The number of fused-ring (bicyclic) bond motifs is 3. The Labute approximate surface area is 148 Å². The van der Waals surface area contributed by atoms with Crippen LogP contribution in [0.4, 0.5) is 0 Å². The lowest BCUT2D eigenvalue weighted by Gasteiger charge is -2.59. The summed E-state index contributed by atoms with van der Waals surface area (Å²) < 4.78 is 0. The molecule has 0 amide bonds. The maximum absolute atomic E-state index is 12.5. The summed E-state index contributed by atoms with van der Waals surface area (Å²) >= 11 is 0. The highest BCUT2D eigenvalue weighted by atomic mass is 16.3. The summed E-state index contributed by atoms with van der Waals surface area (Å²) in [6.45, 7) is 13.8. The number of rotatable bonds is 1. The van der Waals surface area contributed by atoms with E-state index in [2.05, 4.69) is 34.6 Å². The number of carbonyl (C=O) groups is 1. The Hall–Kier alpha value is -0.370. The van der Waals surface area contributed by atoms with E-state index in [1.54, 1.807) is 0 Å². The molecular weight excluding hydrogens is 296 g/mol. The molecule has 24 heavy (non-hydrogen) atoms. The highest BCUT2D eigenvalue weighted by Crippen LogP contribution is 2.61. The molecule has 0 heterocycles. The van der Waals surface area contributed by atoms with Gasteiger partial charge in [0.05, 0.1) is 6.10 Å². The molecule has 138 valence electrons. The lowest BCUT2D eigenvalue weighted by molar-refractivity contribution is -0.148. The molecule has 0 spiro atoms. The molecule has 0 saturated heterocycles. The van der Waals surface area contributed by atoms with Crippen molar-refractivity contribution in [2.24, 2.45) is 46.3 Å². The van der Waals surface area contributed by atoms with Crippen LogP contribution in [0.1, 0.15) is 80.1 Å². The van der Waals surface area contributed by atoms with E-state index in [9.17, 15) is 9.90 Å². The standard InChI is InChI=1S/C22H38O2/c1-13-7-8-20(24)22(6)10-9-17-14(2)11-16(15(3)23)19(12-18(13)22)21(17,4)5/h13-14,16-20,24H,7-12H2,1-6H3/t13-,14-,16?,17+,18-,19+,20?,22+/m1/s1. The molecular formula is C22H38O2. The van der Waals surface area contributed by atoms with Crippen molar-refractivity contribution < 1.29 is 9.90 Å². The van der Waals surface area contributed by atoms with Crippen molar-refractivity contribution in [3.8, 4) is 0 Å². The second-order valence-corrected chi connectivity index (χ2v) is 10.4. The van der Waals surface area contributed by atoms with Crippen molar-refractivity contribution in [3.05, 3.63) is 0 Å². The van der Waals surface area contributed by atoms with Crippen LogP contribution in [-0.4, -0.2) is 17.0 Å². The number of Topliss-reactive ketones (excluding diaryl/α,β-unsaturated/α-hetero) is 1. The second-order valence-electron chi connectivity index (χ2n) is 10.4. The van der Waals surface area contributed by atoms with Gasteiger partial charge in [-0.05, 0) is 85.9 Å². The molecule has 3 aliphatic rings. The average Bonchev–Trinajstić information content (AvgIpc) is 2.48. The van der Waals surface area contributed by atoms with Gasteiger partial charge in [-0.15, -0.1) is 0 Å². The SMILES string of the molecule is CC(=O)C1C[C@@H](C)[C@@H]2CC[C@]3(C)C(O)CC[C@@H](C)[C@H]3C[C@@H]1C2(C)C. The fraction of sp³-hybridized carbons (Fsp3) is 0.955. The van der Waals surface area contributed by atoms with Crippen LogP contribution in [0, 0.1) is 46.3 Å². The van der Waals surface area contributed by atoms with Gasteiger partial charge in [0, 0.05) is 5.92 Å². The molecule has 0 aromatic heterocycles. The minimum absolute atomic E-state index is 0.0447. The van der Waals surface area contributed by atoms with Crippen LogP contribution in [0.3, 0.4) is 0 Å². The molecule has 3 rings (SSSR count). The number of hydrogen-bond donors (Lipinski definition) is 1. The van der Waals surface area contributed by atoms with E-state index >= 15 is 0 Å². The molecule has 8 atom stereocenters. The molecule has 0 aromatic carbocycles. The Kier molecular flexibility index (Phi) is 4.69. The Bertz CT molecular complexity index is 496. The number of ketones is 1. The summed E-state index contributed by atoms with van der Waals surface area (Å²) in [5.74, 6) is 3.61. The van der Waals surface area contributed by atoms with E-state index in [4.69, 9.17) is 0 Å². The molecule has 3 fully saturated rings. The van der Waals surface area contributed by atoms with Crippen LogP contribution in [0.15, 0.2) is 0 Å². The zero-order chi connectivity index (χ0) is 17.9. The van der Waals surface area contributed by atoms with Crippen LogP contribution in [-0.2, 0) is 4.79 Å². The van der Waals surface area contributed by atoms with Crippen molar-refractivity contribution in [3.63, 3.8) is 0 Å². The van der Waals surface area contributed by atoms with Crippen LogP contribution < -0.4 is 0 Å². The van der Waals surface area contributed by atoms with Gasteiger partial charge in [-0.25, -0.2) is 0 Å². The normalized spacial score (nSPS) is 51.2. The Balaban J connectivity index is 2.02. The predicted octanol–water partition coefficient (Wildman–Crippen LogP) is 5.09. The third-order valence-electron chi connectivity index (χ3n) is 8.92. The van der Waals surface area contributed by atoms with Crippen molar-refractivity contribution in [1.29, 1.82) is 0 Å². The summed E-state index contributed by atoms with van der Waals surface area (Å²) in [7, 11) is 0.